The van der Waals surface area contributed by atoms with E-state index >= 15 is 0 Å². The second-order valence-electron chi connectivity index (χ2n) is 5.12. The van der Waals surface area contributed by atoms with E-state index < -0.39 is 39.3 Å². The van der Waals surface area contributed by atoms with Gasteiger partial charge in [0.15, 0.2) is 9.84 Å². The first-order chi connectivity index (χ1) is 10.6. The smallest absolute Gasteiger partial charge is 0.273 e. The Bertz CT molecular complexity index is 714. The van der Waals surface area contributed by atoms with Crippen molar-refractivity contribution in [2.24, 2.45) is 5.92 Å². The average Bonchev–Trinajstić information content (AvgIpc) is 2.84. The highest BCUT2D eigenvalue weighted by Crippen LogP contribution is 2.29. The number of nitrogens with one attached hydrogen (secondary N) is 2. The highest BCUT2D eigenvalue weighted by Gasteiger charge is 2.33. The van der Waals surface area contributed by atoms with Crippen molar-refractivity contribution in [3.63, 3.8) is 0 Å². The summed E-state index contributed by atoms with van der Waals surface area (Å²) in [6.07, 6.45) is -4.33. The van der Waals surface area contributed by atoms with Crippen LogP contribution in [-0.4, -0.2) is 31.7 Å². The highest BCUT2D eigenvalue weighted by atomic mass is 32.2. The minimum atomic E-state index is -4.50. The number of alkyl halides is 3. The quantitative estimate of drug-likeness (QED) is 0.775. The average molecular weight is 350 g/mol. The molecule has 126 valence electrons. The van der Waals surface area contributed by atoms with Crippen LogP contribution in [0.1, 0.15) is 22.3 Å². The molecule has 10 heteroatoms. The molecule has 1 atom stereocenters. The lowest BCUT2D eigenvalue weighted by Gasteiger charge is -2.11. The van der Waals surface area contributed by atoms with E-state index in [0.29, 0.717) is 0 Å². The summed E-state index contributed by atoms with van der Waals surface area (Å²) in [6, 6.07) is 3.45. The molecule has 2 N–H and O–H groups in total. The van der Waals surface area contributed by atoms with E-state index in [1.165, 1.54) is 0 Å². The van der Waals surface area contributed by atoms with Gasteiger partial charge in [0.25, 0.3) is 5.91 Å². The minimum absolute atomic E-state index is 0.0719. The molecule has 2 rings (SSSR count). The fourth-order valence-corrected chi connectivity index (χ4v) is 3.85. The third-order valence-electron chi connectivity index (χ3n) is 3.38. The van der Waals surface area contributed by atoms with Crippen molar-refractivity contribution in [3.05, 3.63) is 35.4 Å². The first-order valence-corrected chi connectivity index (χ1v) is 8.38. The van der Waals surface area contributed by atoms with Crippen molar-refractivity contribution in [2.75, 3.05) is 11.5 Å². The Morgan fingerprint density at radius 3 is 2.17 bits per heavy atom. The Hall–Kier alpha value is -2.10. The van der Waals surface area contributed by atoms with Gasteiger partial charge in [0, 0.05) is 5.56 Å². The van der Waals surface area contributed by atoms with Gasteiger partial charge in [-0.1, -0.05) is 0 Å². The van der Waals surface area contributed by atoms with Gasteiger partial charge in [0.2, 0.25) is 5.91 Å². The zero-order valence-electron chi connectivity index (χ0n) is 11.7. The third kappa shape index (κ3) is 4.44. The lowest BCUT2D eigenvalue weighted by Crippen LogP contribution is -2.44. The molecular weight excluding hydrogens is 337 g/mol. The van der Waals surface area contributed by atoms with Gasteiger partial charge in [-0.05, 0) is 30.7 Å². The molecule has 0 spiro atoms. The maximum Gasteiger partial charge on any atom is 0.416 e. The van der Waals surface area contributed by atoms with Crippen LogP contribution in [0.2, 0.25) is 0 Å². The zero-order valence-corrected chi connectivity index (χ0v) is 12.5. The summed E-state index contributed by atoms with van der Waals surface area (Å²) in [4.78, 5) is 23.4. The Morgan fingerprint density at radius 1 is 1.09 bits per heavy atom. The molecule has 1 saturated heterocycles. The van der Waals surface area contributed by atoms with Crippen LogP contribution in [0.3, 0.4) is 0 Å². The predicted molar refractivity (Wildman–Crippen MR) is 73.8 cm³/mol. The fraction of sp³-hybridized carbons (Fsp3) is 0.385. The number of carbonyl (C=O) groups excluding carboxylic acids is 2. The number of amides is 2. The molecule has 1 aliphatic rings. The van der Waals surface area contributed by atoms with E-state index in [9.17, 15) is 31.2 Å². The summed E-state index contributed by atoms with van der Waals surface area (Å²) in [6.45, 7) is 0. The topological polar surface area (TPSA) is 92.3 Å². The highest BCUT2D eigenvalue weighted by molar-refractivity contribution is 7.91. The number of halogens is 3. The molecule has 0 aliphatic carbocycles. The number of hydrogen-bond donors (Lipinski definition) is 2. The van der Waals surface area contributed by atoms with Crippen LogP contribution in [0.5, 0.6) is 0 Å². The maximum absolute atomic E-state index is 12.4. The van der Waals surface area contributed by atoms with Crippen molar-refractivity contribution < 1.29 is 31.2 Å². The molecule has 1 fully saturated rings. The van der Waals surface area contributed by atoms with Gasteiger partial charge in [-0.25, -0.2) is 8.42 Å². The lowest BCUT2D eigenvalue weighted by molar-refractivity contribution is -0.137. The normalized spacial score (nSPS) is 20.0. The van der Waals surface area contributed by atoms with E-state index in [1.54, 1.807) is 0 Å². The Balaban J connectivity index is 1.91. The summed E-state index contributed by atoms with van der Waals surface area (Å²) in [5.41, 5.74) is 3.16. The van der Waals surface area contributed by atoms with Gasteiger partial charge in [0.1, 0.15) is 0 Å². The Morgan fingerprint density at radius 2 is 1.70 bits per heavy atom. The van der Waals surface area contributed by atoms with Gasteiger partial charge in [0.05, 0.1) is 23.0 Å². The number of sulfone groups is 1. The fourth-order valence-electron chi connectivity index (χ4n) is 2.10. The molecule has 0 unspecified atom stereocenters. The predicted octanol–water partition coefficient (Wildman–Crippen LogP) is 0.901. The SMILES string of the molecule is O=C(NNC(=O)[C@@H]1CCS(=O)(=O)C1)c1ccc(C(F)(F)F)cc1. The third-order valence-corrected chi connectivity index (χ3v) is 5.14. The van der Waals surface area contributed by atoms with E-state index in [1.807, 2.05) is 5.43 Å². The molecule has 0 aromatic heterocycles. The van der Waals surface area contributed by atoms with Crippen LogP contribution in [0.25, 0.3) is 0 Å². The first-order valence-electron chi connectivity index (χ1n) is 6.56. The van der Waals surface area contributed by atoms with Gasteiger partial charge in [-0.15, -0.1) is 0 Å². The second kappa shape index (κ2) is 6.19. The van der Waals surface area contributed by atoms with Crippen molar-refractivity contribution in [2.45, 2.75) is 12.6 Å². The summed E-state index contributed by atoms with van der Waals surface area (Å²) in [5, 5.41) is 0. The van der Waals surface area contributed by atoms with Crippen LogP contribution >= 0.6 is 0 Å². The Labute approximate surface area is 129 Å². The number of hydrogen-bond acceptors (Lipinski definition) is 4. The summed E-state index contributed by atoms with van der Waals surface area (Å²) in [7, 11) is -3.23. The van der Waals surface area contributed by atoms with Crippen LogP contribution < -0.4 is 10.9 Å². The van der Waals surface area contributed by atoms with Crippen molar-refractivity contribution in [3.8, 4) is 0 Å². The number of benzene rings is 1. The van der Waals surface area contributed by atoms with Crippen LogP contribution in [0.15, 0.2) is 24.3 Å². The van der Waals surface area contributed by atoms with Gasteiger partial charge >= 0.3 is 6.18 Å². The molecule has 2 amide bonds. The molecule has 1 heterocycles. The number of carbonyl (C=O) groups is 2. The van der Waals surface area contributed by atoms with Gasteiger partial charge in [-0.3, -0.25) is 20.4 Å². The van der Waals surface area contributed by atoms with Crippen LogP contribution in [-0.2, 0) is 20.8 Å². The van der Waals surface area contributed by atoms with Crippen molar-refractivity contribution >= 4 is 21.7 Å². The lowest BCUT2D eigenvalue weighted by atomic mass is 10.1. The first kappa shape index (κ1) is 17.3. The van der Waals surface area contributed by atoms with Gasteiger partial charge in [-0.2, -0.15) is 13.2 Å². The number of hydrazine groups is 1. The van der Waals surface area contributed by atoms with E-state index in [0.717, 1.165) is 24.3 Å². The van der Waals surface area contributed by atoms with Crippen molar-refractivity contribution in [1.82, 2.24) is 10.9 Å². The molecule has 1 aliphatic heterocycles. The van der Waals surface area contributed by atoms with Crippen LogP contribution in [0.4, 0.5) is 13.2 Å². The number of rotatable bonds is 2. The molecule has 6 nitrogen and oxygen atoms in total. The summed E-state index contributed by atoms with van der Waals surface area (Å²) >= 11 is 0. The zero-order chi connectivity index (χ0) is 17.3. The molecule has 0 radical (unpaired) electrons. The molecule has 1 aromatic rings. The molecule has 0 bridgehead atoms. The standard InChI is InChI=1S/C13H13F3N2O4S/c14-13(15,16)10-3-1-8(2-4-10)11(19)17-18-12(20)9-5-6-23(21,22)7-9/h1-4,9H,5-7H2,(H,17,19)(H,18,20)/t9-/m1/s1. The van der Waals surface area contributed by atoms with Crippen molar-refractivity contribution in [1.29, 1.82) is 0 Å². The molecule has 0 saturated carbocycles. The molecule has 23 heavy (non-hydrogen) atoms. The molecular formula is C13H13F3N2O4S. The Kier molecular flexibility index (Phi) is 4.64. The van der Waals surface area contributed by atoms with Gasteiger partial charge < -0.3 is 0 Å². The summed E-state index contributed by atoms with van der Waals surface area (Å²) in [5.74, 6) is -2.56. The van der Waals surface area contributed by atoms with E-state index in [-0.39, 0.29) is 23.5 Å². The van der Waals surface area contributed by atoms with Crippen LogP contribution in [0, 0.1) is 5.92 Å². The maximum atomic E-state index is 12.4. The van der Waals surface area contributed by atoms with E-state index in [4.69, 9.17) is 0 Å². The second-order valence-corrected chi connectivity index (χ2v) is 7.35. The summed E-state index contributed by atoms with van der Waals surface area (Å²) < 4.78 is 59.7. The molecule has 1 aromatic carbocycles. The van der Waals surface area contributed by atoms with E-state index in [2.05, 4.69) is 5.43 Å². The minimum Gasteiger partial charge on any atom is -0.273 e. The largest absolute Gasteiger partial charge is 0.416 e. The monoisotopic (exact) mass is 350 g/mol.